The van der Waals surface area contributed by atoms with Crippen LogP contribution in [0.2, 0.25) is 0 Å². The lowest BCUT2D eigenvalue weighted by atomic mass is 9.84. The van der Waals surface area contributed by atoms with Gasteiger partial charge < -0.3 is 24.8 Å². The highest BCUT2D eigenvalue weighted by Crippen LogP contribution is 2.40. The van der Waals surface area contributed by atoms with E-state index in [1.54, 1.807) is 12.1 Å². The Labute approximate surface area is 260 Å². The summed E-state index contributed by atoms with van der Waals surface area (Å²) in [5, 5.41) is 27.9. The summed E-state index contributed by atoms with van der Waals surface area (Å²) in [5.74, 6) is -5.69. The zero-order valence-electron chi connectivity index (χ0n) is 24.4. The second-order valence-corrected chi connectivity index (χ2v) is 10.9. The van der Waals surface area contributed by atoms with Gasteiger partial charge in [-0.25, -0.2) is 19.2 Å². The zero-order valence-corrected chi connectivity index (χ0v) is 24.4. The molecular weight excluding hydrogens is 582 g/mol. The number of benzene rings is 3. The Bertz CT molecular complexity index is 1390. The molecule has 1 aliphatic carbocycles. The van der Waals surface area contributed by atoms with Crippen molar-refractivity contribution in [2.24, 2.45) is 5.92 Å². The Morgan fingerprint density at radius 2 is 1.11 bits per heavy atom. The molecule has 5 rings (SSSR count). The van der Waals surface area contributed by atoms with Crippen molar-refractivity contribution in [1.29, 1.82) is 0 Å². The van der Waals surface area contributed by atoms with Crippen molar-refractivity contribution in [2.45, 2.75) is 62.9 Å². The van der Waals surface area contributed by atoms with E-state index in [2.05, 4.69) is 17.0 Å². The summed E-state index contributed by atoms with van der Waals surface area (Å²) in [7, 11) is 0. The minimum absolute atomic E-state index is 0.0253. The number of nitrogens with zero attached hydrogens (tertiary/aromatic N) is 1. The van der Waals surface area contributed by atoms with Crippen molar-refractivity contribution in [1.82, 2.24) is 4.90 Å². The average molecular weight is 618 g/mol. The second kappa shape index (κ2) is 15.6. The first kappa shape index (κ1) is 32.9. The molecule has 0 spiro atoms. The number of rotatable bonds is 10. The summed E-state index contributed by atoms with van der Waals surface area (Å²) in [4.78, 5) is 60.6. The van der Waals surface area contributed by atoms with E-state index in [0.29, 0.717) is 12.0 Å². The molecule has 3 aromatic carbocycles. The molecule has 3 N–H and O–H groups in total. The number of esters is 2. The van der Waals surface area contributed by atoms with Crippen LogP contribution in [0, 0.1) is 5.92 Å². The van der Waals surface area contributed by atoms with Crippen LogP contribution in [-0.2, 0) is 30.4 Å². The molecule has 236 valence electrons. The molecule has 3 unspecified atom stereocenters. The van der Waals surface area contributed by atoms with Crippen molar-refractivity contribution in [3.05, 3.63) is 108 Å². The fraction of sp³-hybridized carbons (Fsp3) is 0.324. The third kappa shape index (κ3) is 8.76. The Morgan fingerprint density at radius 3 is 1.56 bits per heavy atom. The molecule has 5 atom stereocenters. The lowest BCUT2D eigenvalue weighted by molar-refractivity contribution is -0.166. The van der Waals surface area contributed by atoms with Crippen LogP contribution in [0.1, 0.15) is 58.4 Å². The molecule has 0 radical (unpaired) electrons. The number of carbonyl (C=O) groups excluding carboxylic acids is 2. The van der Waals surface area contributed by atoms with Gasteiger partial charge in [0.15, 0.2) is 0 Å². The molecule has 0 bridgehead atoms. The van der Waals surface area contributed by atoms with E-state index in [-0.39, 0.29) is 17.2 Å². The number of hydrogen-bond donors (Lipinski definition) is 3. The van der Waals surface area contributed by atoms with Crippen LogP contribution in [0.3, 0.4) is 0 Å². The predicted octanol–water partition coefficient (Wildman–Crippen LogP) is 4.51. The molecule has 2 fully saturated rings. The highest BCUT2D eigenvalue weighted by molar-refractivity contribution is 5.95. The normalized spacial score (nSPS) is 20.3. The summed E-state index contributed by atoms with van der Waals surface area (Å²) < 4.78 is 9.52. The third-order valence-electron chi connectivity index (χ3n) is 7.96. The van der Waals surface area contributed by atoms with Crippen LogP contribution in [0.15, 0.2) is 91.0 Å². The van der Waals surface area contributed by atoms with Gasteiger partial charge in [0.2, 0.25) is 12.2 Å². The molecule has 3 aromatic rings. The number of carboxylic acids is 3. The summed E-state index contributed by atoms with van der Waals surface area (Å²) in [6.45, 7) is 0.777. The van der Waals surface area contributed by atoms with Gasteiger partial charge in [0.1, 0.15) is 6.04 Å². The molecule has 1 aliphatic heterocycles. The second-order valence-electron chi connectivity index (χ2n) is 10.9. The molecule has 1 heterocycles. The van der Waals surface area contributed by atoms with Gasteiger partial charge in [-0.2, -0.15) is 0 Å². The average Bonchev–Trinajstić information content (AvgIpc) is 3.42. The van der Waals surface area contributed by atoms with Crippen LogP contribution < -0.4 is 0 Å². The van der Waals surface area contributed by atoms with Crippen molar-refractivity contribution < 1.29 is 48.8 Å². The Balaban J connectivity index is 0.000000214. The first-order chi connectivity index (χ1) is 21.7. The van der Waals surface area contributed by atoms with E-state index in [9.17, 15) is 39.3 Å². The molecule has 0 aromatic heterocycles. The van der Waals surface area contributed by atoms with E-state index < -0.39 is 42.1 Å². The smallest absolute Gasteiger partial charge is 0.349 e. The Kier molecular flexibility index (Phi) is 11.4. The molecule has 0 amide bonds. The van der Waals surface area contributed by atoms with Gasteiger partial charge in [-0.05, 0) is 55.0 Å². The predicted molar refractivity (Wildman–Crippen MR) is 160 cm³/mol. The number of aliphatic carboxylic acids is 3. The van der Waals surface area contributed by atoms with Gasteiger partial charge in [0, 0.05) is 12.6 Å². The largest absolute Gasteiger partial charge is 0.480 e. The summed E-state index contributed by atoms with van der Waals surface area (Å²) in [6, 6.07) is 25.3. The maximum absolute atomic E-state index is 12.0. The van der Waals surface area contributed by atoms with Crippen LogP contribution in [-0.4, -0.2) is 74.4 Å². The summed E-state index contributed by atoms with van der Waals surface area (Å²) in [6.07, 6.45) is 1.31. The monoisotopic (exact) mass is 617 g/mol. The number of carboxylic acid groups (broad SMARTS) is 3. The first-order valence-corrected chi connectivity index (χ1v) is 14.7. The molecule has 11 heteroatoms. The van der Waals surface area contributed by atoms with E-state index >= 15 is 0 Å². The van der Waals surface area contributed by atoms with Gasteiger partial charge in [0.05, 0.1) is 11.1 Å². The first-order valence-electron chi connectivity index (χ1n) is 14.7. The van der Waals surface area contributed by atoms with Crippen LogP contribution in [0.25, 0.3) is 0 Å². The minimum atomic E-state index is -2.21. The minimum Gasteiger partial charge on any atom is -0.480 e. The molecular formula is C34H35NO10. The van der Waals surface area contributed by atoms with Crippen LogP contribution in [0.5, 0.6) is 0 Å². The Morgan fingerprint density at radius 1 is 0.667 bits per heavy atom. The fourth-order valence-corrected chi connectivity index (χ4v) is 5.82. The van der Waals surface area contributed by atoms with Crippen molar-refractivity contribution in [3.8, 4) is 0 Å². The number of carbonyl (C=O) groups is 5. The van der Waals surface area contributed by atoms with Crippen molar-refractivity contribution >= 4 is 29.8 Å². The van der Waals surface area contributed by atoms with Gasteiger partial charge in [-0.3, -0.25) is 9.69 Å². The maximum Gasteiger partial charge on any atom is 0.349 e. The molecule has 45 heavy (non-hydrogen) atoms. The molecule has 1 saturated heterocycles. The number of likely N-dealkylation sites (tertiary alicyclic amines) is 1. The third-order valence-corrected chi connectivity index (χ3v) is 7.96. The van der Waals surface area contributed by atoms with Gasteiger partial charge in [0.25, 0.3) is 0 Å². The van der Waals surface area contributed by atoms with E-state index in [4.69, 9.17) is 9.47 Å². The van der Waals surface area contributed by atoms with Crippen LogP contribution in [0.4, 0.5) is 0 Å². The topological polar surface area (TPSA) is 168 Å². The van der Waals surface area contributed by atoms with E-state index in [0.717, 1.165) is 13.0 Å². The quantitative estimate of drug-likeness (QED) is 0.274. The number of hydrogen-bond acceptors (Lipinski definition) is 8. The number of fused-ring (bicyclic) bond motifs is 1. The van der Waals surface area contributed by atoms with E-state index in [1.807, 2.05) is 18.2 Å². The molecule has 2 aliphatic rings. The SMILES string of the molecule is O=C(O)C1CC2CCCCC2N1Cc1ccccc1.O=C(O[C@@H](C(=O)O)[C@@H](OC(=O)c1ccccc1)C(=O)O)c1ccccc1. The van der Waals surface area contributed by atoms with Gasteiger partial charge in [-0.15, -0.1) is 0 Å². The highest BCUT2D eigenvalue weighted by Gasteiger charge is 2.45. The summed E-state index contributed by atoms with van der Waals surface area (Å²) in [5.41, 5.74) is 1.27. The molecule has 11 nitrogen and oxygen atoms in total. The van der Waals surface area contributed by atoms with Crippen molar-refractivity contribution in [2.75, 3.05) is 0 Å². The summed E-state index contributed by atoms with van der Waals surface area (Å²) >= 11 is 0. The van der Waals surface area contributed by atoms with Crippen molar-refractivity contribution in [3.63, 3.8) is 0 Å². The lowest BCUT2D eigenvalue weighted by Crippen LogP contribution is -2.45. The number of ether oxygens (including phenoxy) is 2. The zero-order chi connectivity index (χ0) is 32.3. The van der Waals surface area contributed by atoms with E-state index in [1.165, 1.54) is 79.8 Å². The molecule has 1 saturated carbocycles. The standard InChI is InChI=1S/C18H14O8.C16H21NO2/c19-15(20)13(25-17(23)11-7-3-1-4-8-11)14(16(21)22)26-18(24)12-9-5-2-6-10-12;18-16(19)15-10-13-8-4-5-9-14(13)17(15)11-12-6-2-1-3-7-12/h1-10,13-14H,(H,19,20)(H,21,22);1-3,6-7,13-15H,4-5,8-11H2,(H,18,19)/t13-,14-;/m1./s1. The lowest BCUT2D eigenvalue weighted by Gasteiger charge is -2.33. The van der Waals surface area contributed by atoms with Gasteiger partial charge >= 0.3 is 29.8 Å². The fourth-order valence-electron chi connectivity index (χ4n) is 5.82. The maximum atomic E-state index is 12.0. The highest BCUT2D eigenvalue weighted by atomic mass is 16.6. The van der Waals surface area contributed by atoms with Gasteiger partial charge in [-0.1, -0.05) is 79.6 Å². The van der Waals surface area contributed by atoms with Crippen LogP contribution >= 0.6 is 0 Å². The Hall–Kier alpha value is -5.03.